The van der Waals surface area contributed by atoms with Gasteiger partial charge in [-0.2, -0.15) is 0 Å². The number of hydrogen-bond acceptors (Lipinski definition) is 11. The summed E-state index contributed by atoms with van der Waals surface area (Å²) in [5.74, 6) is -4.09. The highest BCUT2D eigenvalue weighted by molar-refractivity contribution is 6.30. The predicted octanol–water partition coefficient (Wildman–Crippen LogP) is 3.97. The van der Waals surface area contributed by atoms with Crippen LogP contribution >= 0.6 is 11.6 Å². The van der Waals surface area contributed by atoms with Crippen molar-refractivity contribution in [3.05, 3.63) is 70.9 Å². The fraction of sp³-hybridized carbons (Fsp3) is 0.387. The van der Waals surface area contributed by atoms with Crippen LogP contribution in [0.15, 0.2) is 59.1 Å². The van der Waals surface area contributed by atoms with Crippen molar-refractivity contribution in [1.29, 1.82) is 0 Å². The van der Waals surface area contributed by atoms with Gasteiger partial charge in [0.25, 0.3) is 11.8 Å². The number of nitrogens with zero attached hydrogens (tertiary/aromatic N) is 1. The molecule has 236 valence electrons. The minimum atomic E-state index is -1.68. The normalized spacial score (nSPS) is 13.0. The SMILES string of the molecule is COC(=O)CC(C(=O)OCOC(=O)[C@H](O)C[C@@H](Cc1ccc(-c2cccc(Cl)c2)cc1)NC(=O)c1cc(OC)no1)C(C)C. The maximum absolute atomic E-state index is 12.9. The molecular weight excluding hydrogens is 596 g/mol. The zero-order chi connectivity index (χ0) is 32.2. The molecule has 3 atom stereocenters. The monoisotopic (exact) mass is 630 g/mol. The highest BCUT2D eigenvalue weighted by Gasteiger charge is 2.29. The van der Waals surface area contributed by atoms with E-state index in [-0.39, 0.29) is 36.8 Å². The highest BCUT2D eigenvalue weighted by Crippen LogP contribution is 2.24. The van der Waals surface area contributed by atoms with Crippen molar-refractivity contribution >= 4 is 35.4 Å². The molecule has 0 aliphatic carbocycles. The van der Waals surface area contributed by atoms with Crippen LogP contribution < -0.4 is 10.1 Å². The van der Waals surface area contributed by atoms with Crippen LogP contribution in [0.4, 0.5) is 0 Å². The number of carbonyl (C=O) groups is 4. The van der Waals surface area contributed by atoms with E-state index in [1.807, 2.05) is 42.5 Å². The van der Waals surface area contributed by atoms with Gasteiger partial charge in [-0.25, -0.2) is 4.79 Å². The van der Waals surface area contributed by atoms with E-state index in [0.29, 0.717) is 5.02 Å². The van der Waals surface area contributed by atoms with Crippen LogP contribution in [0.1, 0.15) is 42.8 Å². The lowest BCUT2D eigenvalue weighted by molar-refractivity contribution is -0.178. The predicted molar refractivity (Wildman–Crippen MR) is 158 cm³/mol. The number of aromatic nitrogens is 1. The lowest BCUT2D eigenvalue weighted by Crippen LogP contribution is -2.41. The zero-order valence-electron chi connectivity index (χ0n) is 24.8. The van der Waals surface area contributed by atoms with E-state index in [1.165, 1.54) is 20.3 Å². The third-order valence-electron chi connectivity index (χ3n) is 6.75. The molecule has 3 rings (SSSR count). The number of hydrogen-bond donors (Lipinski definition) is 2. The van der Waals surface area contributed by atoms with E-state index in [9.17, 15) is 24.3 Å². The number of halogens is 1. The average molecular weight is 631 g/mol. The molecule has 0 bridgehead atoms. The Morgan fingerprint density at radius 1 is 0.977 bits per heavy atom. The van der Waals surface area contributed by atoms with Crippen molar-refractivity contribution in [2.45, 2.75) is 45.3 Å². The molecule has 2 aromatic carbocycles. The summed E-state index contributed by atoms with van der Waals surface area (Å²) in [7, 11) is 2.58. The molecule has 12 nitrogen and oxygen atoms in total. The van der Waals surface area contributed by atoms with Gasteiger partial charge in [-0.15, -0.1) is 0 Å². The summed E-state index contributed by atoms with van der Waals surface area (Å²) in [6, 6.07) is 15.4. The van der Waals surface area contributed by atoms with Gasteiger partial charge in [0.05, 0.1) is 32.6 Å². The molecule has 1 unspecified atom stereocenters. The zero-order valence-corrected chi connectivity index (χ0v) is 25.5. The number of ether oxygens (including phenoxy) is 4. The van der Waals surface area contributed by atoms with E-state index in [4.69, 9.17) is 30.3 Å². The number of rotatable bonds is 15. The number of esters is 3. The summed E-state index contributed by atoms with van der Waals surface area (Å²) >= 11 is 6.11. The lowest BCUT2D eigenvalue weighted by atomic mass is 9.93. The molecule has 1 heterocycles. The summed E-state index contributed by atoms with van der Waals surface area (Å²) in [6.45, 7) is 2.70. The van der Waals surface area contributed by atoms with E-state index >= 15 is 0 Å². The molecule has 0 aliphatic heterocycles. The highest BCUT2D eigenvalue weighted by atomic mass is 35.5. The Labute approximate surface area is 259 Å². The largest absolute Gasteiger partial charge is 0.479 e. The topological polar surface area (TPSA) is 163 Å². The fourth-order valence-electron chi connectivity index (χ4n) is 4.27. The molecule has 0 aliphatic rings. The Morgan fingerprint density at radius 3 is 2.30 bits per heavy atom. The molecule has 44 heavy (non-hydrogen) atoms. The second-order valence-electron chi connectivity index (χ2n) is 10.2. The van der Waals surface area contributed by atoms with Gasteiger partial charge >= 0.3 is 17.9 Å². The minimum Gasteiger partial charge on any atom is -0.479 e. The second-order valence-corrected chi connectivity index (χ2v) is 10.7. The maximum atomic E-state index is 12.9. The third kappa shape index (κ3) is 10.1. The lowest BCUT2D eigenvalue weighted by Gasteiger charge is -2.21. The Kier molecular flexibility index (Phi) is 12.7. The Hall–Kier alpha value is -4.42. The Morgan fingerprint density at radius 2 is 1.68 bits per heavy atom. The van der Waals surface area contributed by atoms with Gasteiger partial charge in [0.15, 0.2) is 6.10 Å². The first kappa shape index (κ1) is 34.1. The molecule has 0 saturated heterocycles. The molecule has 13 heteroatoms. The van der Waals surface area contributed by atoms with E-state index in [0.717, 1.165) is 16.7 Å². The standard InChI is InChI=1S/C31H35ClN2O10/c1-18(2)24(15-28(36)41-4)30(38)42-17-43-31(39)25(35)14-23(33-29(37)26-16-27(40-3)34-44-26)12-19-8-10-20(11-9-19)21-6-5-7-22(32)13-21/h5-11,13,16,18,23-25,35H,12,14-15,17H2,1-4H3,(H,33,37)/t23-,24?,25-/m1/s1. The molecule has 1 amide bonds. The van der Waals surface area contributed by atoms with Crippen molar-refractivity contribution in [2.24, 2.45) is 11.8 Å². The number of methoxy groups -OCH3 is 2. The molecule has 2 N–H and O–H groups in total. The van der Waals surface area contributed by atoms with Crippen LogP contribution in [0.3, 0.4) is 0 Å². The van der Waals surface area contributed by atoms with Crippen LogP contribution in [0.25, 0.3) is 11.1 Å². The van der Waals surface area contributed by atoms with Gasteiger partial charge in [0.2, 0.25) is 12.6 Å². The number of benzene rings is 2. The van der Waals surface area contributed by atoms with Crippen LogP contribution in [-0.2, 0) is 35.0 Å². The number of aliphatic hydroxyl groups is 1. The Bertz CT molecular complexity index is 1420. The quantitative estimate of drug-likeness (QED) is 0.184. The molecule has 3 aromatic rings. The van der Waals surface area contributed by atoms with Gasteiger partial charge in [-0.3, -0.25) is 14.4 Å². The second kappa shape index (κ2) is 16.4. The van der Waals surface area contributed by atoms with Gasteiger partial charge in [0.1, 0.15) is 0 Å². The molecule has 0 spiro atoms. The summed E-state index contributed by atoms with van der Waals surface area (Å²) in [5.41, 5.74) is 2.66. The van der Waals surface area contributed by atoms with Crippen molar-refractivity contribution in [3.8, 4) is 17.0 Å². The molecule has 0 saturated carbocycles. The van der Waals surface area contributed by atoms with Crippen molar-refractivity contribution in [3.63, 3.8) is 0 Å². The molecule has 1 aromatic heterocycles. The van der Waals surface area contributed by atoms with Crippen molar-refractivity contribution < 1.29 is 47.8 Å². The summed E-state index contributed by atoms with van der Waals surface area (Å²) in [6.07, 6.45) is -1.88. The van der Waals surface area contributed by atoms with Gasteiger partial charge in [0, 0.05) is 17.5 Å². The van der Waals surface area contributed by atoms with Crippen molar-refractivity contribution in [1.82, 2.24) is 10.5 Å². The number of aliphatic hydroxyl groups excluding tert-OH is 1. The number of nitrogens with one attached hydrogen (secondary N) is 1. The van der Waals surface area contributed by atoms with Crippen LogP contribution in [0, 0.1) is 11.8 Å². The van der Waals surface area contributed by atoms with E-state index < -0.39 is 48.7 Å². The smallest absolute Gasteiger partial charge is 0.337 e. The number of amides is 1. The Balaban J connectivity index is 1.65. The molecule has 0 fully saturated rings. The van der Waals surface area contributed by atoms with E-state index in [1.54, 1.807) is 19.9 Å². The average Bonchev–Trinajstić information content (AvgIpc) is 3.49. The summed E-state index contributed by atoms with van der Waals surface area (Å²) < 4.78 is 24.5. The first-order chi connectivity index (χ1) is 21.0. The van der Waals surface area contributed by atoms with Gasteiger partial charge in [-0.1, -0.05) is 61.8 Å². The summed E-state index contributed by atoms with van der Waals surface area (Å²) in [4.78, 5) is 49.5. The van der Waals surface area contributed by atoms with Crippen molar-refractivity contribution in [2.75, 3.05) is 21.0 Å². The fourth-order valence-corrected chi connectivity index (χ4v) is 4.46. The molecular formula is C31H35ClN2O10. The minimum absolute atomic E-state index is 0.104. The first-order valence-corrected chi connectivity index (χ1v) is 14.1. The third-order valence-corrected chi connectivity index (χ3v) is 6.99. The van der Waals surface area contributed by atoms with E-state index in [2.05, 4.69) is 15.2 Å². The van der Waals surface area contributed by atoms with Crippen LogP contribution in [0.2, 0.25) is 5.02 Å². The molecule has 0 radical (unpaired) electrons. The summed E-state index contributed by atoms with van der Waals surface area (Å²) in [5, 5.41) is 17.6. The van der Waals surface area contributed by atoms with Gasteiger partial charge < -0.3 is 33.9 Å². The first-order valence-electron chi connectivity index (χ1n) is 13.7. The van der Waals surface area contributed by atoms with Crippen LogP contribution in [-0.4, -0.2) is 67.2 Å². The van der Waals surface area contributed by atoms with Gasteiger partial charge in [-0.05, 0) is 46.3 Å². The van der Waals surface area contributed by atoms with Crippen LogP contribution in [0.5, 0.6) is 5.88 Å². The number of carbonyl (C=O) groups excluding carboxylic acids is 4. The maximum Gasteiger partial charge on any atom is 0.337 e.